The van der Waals surface area contributed by atoms with Crippen molar-refractivity contribution in [1.82, 2.24) is 15.2 Å². The molecule has 4 atom stereocenters. The van der Waals surface area contributed by atoms with E-state index in [1.807, 2.05) is 54.9 Å². The van der Waals surface area contributed by atoms with E-state index < -0.39 is 11.8 Å². The molecule has 3 fully saturated rings. The average Bonchev–Trinajstić information content (AvgIpc) is 3.13. The van der Waals surface area contributed by atoms with E-state index in [1.165, 1.54) is 5.56 Å². The van der Waals surface area contributed by atoms with E-state index in [0.29, 0.717) is 11.5 Å². The molecule has 2 saturated carbocycles. The number of nitrogens with zero attached hydrogens (tertiary/aromatic N) is 2. The summed E-state index contributed by atoms with van der Waals surface area (Å²) in [6.45, 7) is 2.74. The van der Waals surface area contributed by atoms with Crippen LogP contribution < -0.4 is 11.1 Å². The van der Waals surface area contributed by atoms with Crippen molar-refractivity contribution in [2.45, 2.75) is 50.4 Å². The van der Waals surface area contributed by atoms with Crippen LogP contribution in [0.1, 0.15) is 43.2 Å². The molecule has 0 radical (unpaired) electrons. The van der Waals surface area contributed by atoms with Crippen molar-refractivity contribution in [3.05, 3.63) is 66.0 Å². The number of benzene rings is 1. The minimum atomic E-state index is -1.52. The highest BCUT2D eigenvalue weighted by Crippen LogP contribution is 2.59. The minimum absolute atomic E-state index is 0.0682. The van der Waals surface area contributed by atoms with Crippen LogP contribution in [-0.2, 0) is 16.9 Å². The van der Waals surface area contributed by atoms with Crippen molar-refractivity contribution in [3.8, 4) is 0 Å². The molecule has 2 aliphatic carbocycles. The number of carbonyl (C=O) groups is 1. The maximum Gasteiger partial charge on any atom is 0.258 e. The molecule has 1 amide bonds. The number of carbonyl (C=O) groups excluding carboxylic acids is 1. The Labute approximate surface area is 183 Å². The minimum Gasteiger partial charge on any atom is -0.375 e. The summed E-state index contributed by atoms with van der Waals surface area (Å²) in [7, 11) is 0. The molecule has 4 unspecified atom stereocenters. The predicted octanol–water partition coefficient (Wildman–Crippen LogP) is 2.38. The maximum absolute atomic E-state index is 13.5. The summed E-state index contributed by atoms with van der Waals surface area (Å²) in [6.07, 6.45) is 8.05. The average molecular weight is 421 g/mol. The number of rotatable bonds is 7. The number of nitrogens with two attached hydrogens (primary N) is 1. The molecule has 1 saturated heterocycles. The largest absolute Gasteiger partial charge is 0.375 e. The highest BCUT2D eigenvalue weighted by Gasteiger charge is 2.63. The summed E-state index contributed by atoms with van der Waals surface area (Å²) < 4.78 is 0. The number of nitrogens with one attached hydrogen (secondary N) is 1. The van der Waals surface area contributed by atoms with Gasteiger partial charge < -0.3 is 16.2 Å². The van der Waals surface area contributed by atoms with Gasteiger partial charge in [-0.3, -0.25) is 14.7 Å². The summed E-state index contributed by atoms with van der Waals surface area (Å²) in [5, 5.41) is 14.8. The second-order valence-electron chi connectivity index (χ2n) is 9.72. The molecule has 0 bridgehead atoms. The van der Waals surface area contributed by atoms with E-state index in [-0.39, 0.29) is 17.2 Å². The molecular formula is C25H32N4O2. The Morgan fingerprint density at radius 3 is 2.65 bits per heavy atom. The first-order valence-corrected chi connectivity index (χ1v) is 11.5. The van der Waals surface area contributed by atoms with Gasteiger partial charge >= 0.3 is 0 Å². The van der Waals surface area contributed by atoms with Crippen molar-refractivity contribution in [2.75, 3.05) is 13.1 Å². The van der Waals surface area contributed by atoms with Crippen LogP contribution in [0.25, 0.3) is 0 Å². The first-order chi connectivity index (χ1) is 15.0. The number of amides is 1. The zero-order chi connectivity index (χ0) is 21.5. The number of piperidine rings is 1. The van der Waals surface area contributed by atoms with Gasteiger partial charge in [0.05, 0.1) is 6.17 Å². The Hall–Kier alpha value is -2.28. The number of hydrogen-bond acceptors (Lipinski definition) is 5. The molecule has 6 heteroatoms. The second kappa shape index (κ2) is 8.01. The molecule has 1 aliphatic heterocycles. The van der Waals surface area contributed by atoms with Gasteiger partial charge in [-0.05, 0) is 48.4 Å². The Morgan fingerprint density at radius 1 is 1.23 bits per heavy atom. The Morgan fingerprint density at radius 2 is 1.94 bits per heavy atom. The molecule has 3 aliphatic rings. The first kappa shape index (κ1) is 20.6. The summed E-state index contributed by atoms with van der Waals surface area (Å²) in [6, 6.07) is 13.5. The normalized spacial score (nSPS) is 28.6. The molecule has 164 valence electrons. The Bertz CT molecular complexity index is 918. The molecule has 6 nitrogen and oxygen atoms in total. The van der Waals surface area contributed by atoms with Crippen LogP contribution in [0, 0.1) is 17.3 Å². The van der Waals surface area contributed by atoms with Gasteiger partial charge in [0.2, 0.25) is 0 Å². The highest BCUT2D eigenvalue weighted by atomic mass is 16.3. The number of hydrogen-bond donors (Lipinski definition) is 3. The monoisotopic (exact) mass is 420 g/mol. The van der Waals surface area contributed by atoms with Crippen LogP contribution >= 0.6 is 0 Å². The molecule has 1 aromatic heterocycles. The number of pyridine rings is 1. The van der Waals surface area contributed by atoms with Crippen molar-refractivity contribution >= 4 is 5.91 Å². The highest BCUT2D eigenvalue weighted by molar-refractivity contribution is 5.87. The van der Waals surface area contributed by atoms with Crippen LogP contribution in [-0.4, -0.2) is 40.2 Å². The maximum atomic E-state index is 13.5. The fraction of sp³-hybridized carbons (Fsp3) is 0.520. The fourth-order valence-electron chi connectivity index (χ4n) is 5.96. The smallest absolute Gasteiger partial charge is 0.258 e. The van der Waals surface area contributed by atoms with E-state index in [2.05, 4.69) is 15.2 Å². The zero-order valence-electron chi connectivity index (χ0n) is 17.9. The van der Waals surface area contributed by atoms with Crippen molar-refractivity contribution in [2.24, 2.45) is 23.0 Å². The summed E-state index contributed by atoms with van der Waals surface area (Å²) in [5.41, 5.74) is 6.90. The van der Waals surface area contributed by atoms with Gasteiger partial charge in [-0.15, -0.1) is 0 Å². The summed E-state index contributed by atoms with van der Waals surface area (Å²) in [4.78, 5) is 20.0. The summed E-state index contributed by atoms with van der Waals surface area (Å²) >= 11 is 0. The molecule has 31 heavy (non-hydrogen) atoms. The predicted molar refractivity (Wildman–Crippen MR) is 118 cm³/mol. The molecular weight excluding hydrogens is 388 g/mol. The van der Waals surface area contributed by atoms with Gasteiger partial charge in [0, 0.05) is 43.4 Å². The third-order valence-electron chi connectivity index (χ3n) is 7.84. The first-order valence-electron chi connectivity index (χ1n) is 11.5. The van der Waals surface area contributed by atoms with Gasteiger partial charge in [0.15, 0.2) is 5.60 Å². The van der Waals surface area contributed by atoms with Crippen molar-refractivity contribution in [3.63, 3.8) is 0 Å². The van der Waals surface area contributed by atoms with Crippen LogP contribution in [0.4, 0.5) is 0 Å². The molecule has 0 spiro atoms. The van der Waals surface area contributed by atoms with Gasteiger partial charge in [0.1, 0.15) is 0 Å². The number of likely N-dealkylation sites (tertiary alicyclic amines) is 1. The van der Waals surface area contributed by atoms with Gasteiger partial charge in [-0.2, -0.15) is 0 Å². The number of aromatic nitrogens is 1. The van der Waals surface area contributed by atoms with Crippen molar-refractivity contribution in [1.29, 1.82) is 0 Å². The van der Waals surface area contributed by atoms with E-state index in [9.17, 15) is 9.90 Å². The van der Waals surface area contributed by atoms with Crippen LogP contribution in [0.5, 0.6) is 0 Å². The number of fused-ring (bicyclic) bond motifs is 1. The van der Waals surface area contributed by atoms with E-state index in [0.717, 1.165) is 51.7 Å². The second-order valence-corrected chi connectivity index (χ2v) is 9.72. The van der Waals surface area contributed by atoms with E-state index in [1.54, 1.807) is 0 Å². The third kappa shape index (κ3) is 3.67. The standard InChI is InChI=1S/C25H32N4O2/c26-22(24-14-21(24)16-29(17-24)15-18-10-12-27-13-11-18)28-23(30)25(31,20-8-4-5-9-20)19-6-2-1-3-7-19/h1-3,6-7,10-13,20-22,31H,4-5,8-9,14-17,26H2,(H,28,30). The lowest BCUT2D eigenvalue weighted by Gasteiger charge is -2.35. The molecule has 2 heterocycles. The summed E-state index contributed by atoms with van der Waals surface area (Å²) in [5.74, 6) is 0.0908. The molecule has 1 aromatic carbocycles. The quantitative estimate of drug-likeness (QED) is 0.598. The van der Waals surface area contributed by atoms with Crippen LogP contribution in [0.15, 0.2) is 54.9 Å². The van der Waals surface area contributed by atoms with Gasteiger partial charge in [-0.1, -0.05) is 43.2 Å². The molecule has 4 N–H and O–H groups in total. The SMILES string of the molecule is NC(NC(=O)C(O)(c1ccccc1)C1CCCC1)C12CC1CN(Cc1ccncc1)C2. The van der Waals surface area contributed by atoms with Gasteiger partial charge in [-0.25, -0.2) is 0 Å². The lowest BCUT2D eigenvalue weighted by molar-refractivity contribution is -0.148. The Balaban J connectivity index is 1.29. The van der Waals surface area contributed by atoms with E-state index >= 15 is 0 Å². The van der Waals surface area contributed by atoms with Crippen molar-refractivity contribution < 1.29 is 9.90 Å². The lowest BCUT2D eigenvalue weighted by Crippen LogP contribution is -2.57. The topological polar surface area (TPSA) is 91.5 Å². The van der Waals surface area contributed by atoms with Gasteiger partial charge in [0.25, 0.3) is 5.91 Å². The third-order valence-corrected chi connectivity index (χ3v) is 7.84. The van der Waals surface area contributed by atoms with Crippen LogP contribution in [0.3, 0.4) is 0 Å². The lowest BCUT2D eigenvalue weighted by atomic mass is 9.79. The Kier molecular flexibility index (Phi) is 5.32. The van der Waals surface area contributed by atoms with E-state index in [4.69, 9.17) is 5.73 Å². The molecule has 2 aromatic rings. The van der Waals surface area contributed by atoms with Crippen LogP contribution in [0.2, 0.25) is 0 Å². The molecule has 5 rings (SSSR count). The number of aliphatic hydroxyl groups is 1. The fourth-order valence-corrected chi connectivity index (χ4v) is 5.96. The zero-order valence-corrected chi connectivity index (χ0v) is 17.9.